The molecule has 0 radical (unpaired) electrons. The molecule has 2 aromatic carbocycles. The van der Waals surface area contributed by atoms with Crippen LogP contribution in [0.25, 0.3) is 0 Å². The number of phenols is 2. The molecule has 0 saturated heterocycles. The van der Waals surface area contributed by atoms with E-state index < -0.39 is 11.8 Å². The molecule has 0 aliphatic rings. The summed E-state index contributed by atoms with van der Waals surface area (Å²) >= 11 is 0. The molecule has 0 aliphatic heterocycles. The van der Waals surface area contributed by atoms with Gasteiger partial charge in [-0.25, -0.2) is 0 Å². The van der Waals surface area contributed by atoms with Crippen molar-refractivity contribution in [1.82, 2.24) is 0 Å². The van der Waals surface area contributed by atoms with Crippen molar-refractivity contribution in [3.05, 3.63) is 59.7 Å². The monoisotopic (exact) mass is 528 g/mol. The van der Waals surface area contributed by atoms with E-state index in [9.17, 15) is 20.4 Å². The van der Waals surface area contributed by atoms with Crippen molar-refractivity contribution in [3.8, 4) is 11.5 Å². The number of aliphatic hydroxyl groups excluding tert-OH is 2. The summed E-state index contributed by atoms with van der Waals surface area (Å²) in [5, 5.41) is 75.3. The average Bonchev–Trinajstić information content (AvgIpc) is 2.85. The number of phenolic OH excluding ortho intramolecular Hbond substituents is 2. The molecule has 13 heteroatoms. The second kappa shape index (κ2) is 15.6. The fourth-order valence-corrected chi connectivity index (χ4v) is 1.97. The molecule has 190 valence electrons. The van der Waals surface area contributed by atoms with Crippen LogP contribution in [0.4, 0.5) is 0 Å². The Hall–Kier alpha value is -4.25. The summed E-state index contributed by atoms with van der Waals surface area (Å²) in [5.41, 5.74) is 1.66. The third kappa shape index (κ3) is 10.0. The van der Waals surface area contributed by atoms with Gasteiger partial charge in [0.15, 0.2) is 0 Å². The summed E-state index contributed by atoms with van der Waals surface area (Å²) in [6, 6.07) is 12.4. The number of rotatable bonds is 6. The van der Waals surface area contributed by atoms with Gasteiger partial charge in [-0.05, 0) is 52.0 Å². The first-order chi connectivity index (χ1) is 16.1. The summed E-state index contributed by atoms with van der Waals surface area (Å²) < 4.78 is 0. The fourth-order valence-electron chi connectivity index (χ4n) is 1.97. The predicted molar refractivity (Wildman–Crippen MR) is 131 cm³/mol. The van der Waals surface area contributed by atoms with Crippen molar-refractivity contribution >= 4 is 34.6 Å². The third-order valence-electron chi connectivity index (χ3n) is 4.23. The van der Waals surface area contributed by atoms with E-state index in [0.717, 1.165) is 0 Å². The van der Waals surface area contributed by atoms with Crippen molar-refractivity contribution in [3.63, 3.8) is 0 Å². The second-order valence-electron chi connectivity index (χ2n) is 6.62. The minimum absolute atomic E-state index is 0. The maximum atomic E-state index is 9.59. The van der Waals surface area contributed by atoms with Crippen molar-refractivity contribution < 1.29 is 47.3 Å². The smallest absolute Gasteiger partial charge is 0.242 e. The first-order valence-electron chi connectivity index (χ1n) is 9.69. The Morgan fingerprint density at radius 1 is 0.543 bits per heavy atom. The molecule has 0 unspecified atom stereocenters. The Morgan fingerprint density at radius 3 is 1.14 bits per heavy atom. The zero-order valence-corrected chi connectivity index (χ0v) is 20.3. The van der Waals surface area contributed by atoms with Crippen LogP contribution in [0.15, 0.2) is 79.2 Å². The summed E-state index contributed by atoms with van der Waals surface area (Å²) in [5.74, 6) is -0.996. The summed E-state index contributed by atoms with van der Waals surface area (Å²) in [6.45, 7) is 6.25. The molecule has 12 nitrogen and oxygen atoms in total. The molecule has 35 heavy (non-hydrogen) atoms. The molecule has 2 rings (SSSR count). The molecule has 0 fully saturated rings. The number of hydrogen-bond donors (Lipinski definition) is 6. The molecule has 0 atom stereocenters. The first-order valence-corrected chi connectivity index (χ1v) is 9.69. The Kier molecular flexibility index (Phi) is 13.7. The normalized spacial score (nSPS) is 13.5. The van der Waals surface area contributed by atoms with Gasteiger partial charge in [0, 0.05) is 16.5 Å². The predicted octanol–water partition coefficient (Wildman–Crippen LogP) is 3.84. The van der Waals surface area contributed by atoms with Gasteiger partial charge in [0.25, 0.3) is 0 Å². The molecule has 0 saturated carbocycles. The van der Waals surface area contributed by atoms with Crippen LogP contribution in [0.1, 0.15) is 38.8 Å². The van der Waals surface area contributed by atoms with Gasteiger partial charge in [0.1, 0.15) is 11.5 Å². The minimum Gasteiger partial charge on any atom is -0.507 e. The van der Waals surface area contributed by atoms with E-state index in [1.807, 2.05) is 0 Å². The van der Waals surface area contributed by atoms with E-state index in [0.29, 0.717) is 22.8 Å². The van der Waals surface area contributed by atoms with Crippen LogP contribution < -0.4 is 0 Å². The zero-order chi connectivity index (χ0) is 25.7. The number of aromatic hydroxyl groups is 2. The van der Waals surface area contributed by atoms with Gasteiger partial charge >= 0.3 is 0 Å². The summed E-state index contributed by atoms with van der Waals surface area (Å²) in [4.78, 5) is 0. The van der Waals surface area contributed by atoms with Gasteiger partial charge in [0.05, 0.1) is 34.0 Å². The largest absolute Gasteiger partial charge is 0.507 e. The van der Waals surface area contributed by atoms with Gasteiger partial charge in [-0.15, -0.1) is 10.2 Å². The molecule has 6 N–H and O–H groups in total. The fraction of sp³-hybridized carbons (Fsp3) is 0.182. The molecule has 2 aromatic rings. The van der Waals surface area contributed by atoms with Crippen LogP contribution in [0.2, 0.25) is 0 Å². The molecular formula is C22H26N6NiO6. The van der Waals surface area contributed by atoms with Crippen molar-refractivity contribution in [2.75, 3.05) is 0 Å². The van der Waals surface area contributed by atoms with Gasteiger partial charge in [-0.3, -0.25) is 0 Å². The maximum absolute atomic E-state index is 9.59. The van der Waals surface area contributed by atoms with Gasteiger partial charge in [-0.1, -0.05) is 34.6 Å². The molecule has 0 aromatic heterocycles. The maximum Gasteiger partial charge on any atom is 0.242 e. The zero-order valence-electron chi connectivity index (χ0n) is 19.3. The average molecular weight is 529 g/mol. The van der Waals surface area contributed by atoms with Crippen LogP contribution in [-0.4, -0.2) is 65.5 Å². The van der Waals surface area contributed by atoms with E-state index >= 15 is 0 Å². The number of hydrogen-bond acceptors (Lipinski definition) is 10. The van der Waals surface area contributed by atoms with E-state index in [1.54, 1.807) is 52.0 Å². The Labute approximate surface area is 211 Å². The van der Waals surface area contributed by atoms with Crippen LogP contribution in [0, 0.1) is 0 Å². The molecule has 0 aliphatic carbocycles. The van der Waals surface area contributed by atoms with Crippen LogP contribution in [0.3, 0.4) is 0 Å². The van der Waals surface area contributed by atoms with Crippen LogP contribution in [-0.2, 0) is 16.5 Å². The van der Waals surface area contributed by atoms with Crippen LogP contribution >= 0.6 is 0 Å². The van der Waals surface area contributed by atoms with E-state index in [4.69, 9.17) is 10.4 Å². The standard InChI is InChI=1S/2C11H13N3O3.Ni/c2*1-7(8(2)14-17)12-13-11(16)9-5-3-4-6-10(9)15;/h2*3-6,15,17H,1-2H3,(H,13,16);. The molecule has 0 amide bonds. The minimum atomic E-state index is -0.409. The molecule has 0 bridgehead atoms. The van der Waals surface area contributed by atoms with E-state index in [2.05, 4.69) is 30.7 Å². The first kappa shape index (κ1) is 30.8. The van der Waals surface area contributed by atoms with Crippen molar-refractivity contribution in [2.24, 2.45) is 30.7 Å². The summed E-state index contributed by atoms with van der Waals surface area (Å²) in [6.07, 6.45) is 0. The van der Waals surface area contributed by atoms with Crippen molar-refractivity contribution in [2.45, 2.75) is 27.7 Å². The Morgan fingerprint density at radius 2 is 0.857 bits per heavy atom. The number of nitrogens with zero attached hydrogens (tertiary/aromatic N) is 6. The van der Waals surface area contributed by atoms with Gasteiger partial charge < -0.3 is 30.8 Å². The topological polar surface area (TPSA) is 196 Å². The van der Waals surface area contributed by atoms with Gasteiger partial charge in [0.2, 0.25) is 11.8 Å². The van der Waals surface area contributed by atoms with Crippen LogP contribution in [0.5, 0.6) is 11.5 Å². The van der Waals surface area contributed by atoms with Gasteiger partial charge in [-0.2, -0.15) is 10.2 Å². The molecular weight excluding hydrogens is 503 g/mol. The summed E-state index contributed by atoms with van der Waals surface area (Å²) in [7, 11) is 0. The second-order valence-corrected chi connectivity index (χ2v) is 6.62. The Balaban J connectivity index is 0.000000642. The number of aliphatic hydroxyl groups is 2. The Bertz CT molecular complexity index is 1080. The number of oxime groups is 2. The number of benzene rings is 2. The van der Waals surface area contributed by atoms with E-state index in [-0.39, 0.29) is 39.1 Å². The van der Waals surface area contributed by atoms with E-state index in [1.165, 1.54) is 24.3 Å². The number of para-hydroxylation sites is 2. The molecule has 0 spiro atoms. The SMILES string of the molecule is CC(=NO)C(C)=NN=C(O)c1ccccc1O.CC(=NO)C(C)=NN=C(O)c1ccccc1O.[Ni]. The van der Waals surface area contributed by atoms with Crippen molar-refractivity contribution in [1.29, 1.82) is 0 Å². The quantitative estimate of drug-likeness (QED) is 0.108. The molecule has 0 heterocycles. The third-order valence-corrected chi connectivity index (χ3v) is 4.23.